The summed E-state index contributed by atoms with van der Waals surface area (Å²) in [6, 6.07) is 4.18. The maximum atomic E-state index is 13.8. The van der Waals surface area contributed by atoms with Gasteiger partial charge in [0.25, 0.3) is 0 Å². The fourth-order valence-electron chi connectivity index (χ4n) is 3.84. The molecular formula is C27H34FN9O3SSi. The van der Waals surface area contributed by atoms with Crippen molar-refractivity contribution < 1.29 is 19.0 Å². The van der Waals surface area contributed by atoms with Crippen molar-refractivity contribution in [3.63, 3.8) is 0 Å². The third kappa shape index (κ3) is 7.82. The average Bonchev–Trinajstić information content (AvgIpc) is 3.59. The van der Waals surface area contributed by atoms with Crippen LogP contribution in [0.1, 0.15) is 17.1 Å². The number of hydrogen-bond donors (Lipinski definition) is 3. The number of aromatic nitrogens is 5. The third-order valence-electron chi connectivity index (χ3n) is 6.03. The SMILES string of the molecule is Cc1cn2c(C(C=NCC(=O)Nc3ccncc3F)=CN)cnc2c(N(COCC[Si](C)(C)C)c2cc(CO)ns2)n1. The molecule has 42 heavy (non-hydrogen) atoms. The number of nitrogens with two attached hydrogens (primary N) is 1. The second-order valence-electron chi connectivity index (χ2n) is 10.6. The minimum Gasteiger partial charge on any atom is -0.404 e. The predicted molar refractivity (Wildman–Crippen MR) is 165 cm³/mol. The van der Waals surface area contributed by atoms with Crippen LogP contribution in [0, 0.1) is 12.7 Å². The summed E-state index contributed by atoms with van der Waals surface area (Å²) in [5, 5.41) is 12.8. The lowest BCUT2D eigenvalue weighted by molar-refractivity contribution is -0.114. The van der Waals surface area contributed by atoms with Gasteiger partial charge in [-0.05, 0) is 36.6 Å². The van der Waals surface area contributed by atoms with E-state index in [1.807, 2.05) is 22.4 Å². The van der Waals surface area contributed by atoms with Gasteiger partial charge in [-0.2, -0.15) is 4.37 Å². The number of aliphatic hydroxyl groups is 1. The molecular weight excluding hydrogens is 578 g/mol. The van der Waals surface area contributed by atoms with Crippen molar-refractivity contribution in [3.8, 4) is 0 Å². The molecule has 0 atom stereocenters. The number of halogens is 1. The third-order valence-corrected chi connectivity index (χ3v) is 8.58. The van der Waals surface area contributed by atoms with Crippen molar-refractivity contribution in [1.82, 2.24) is 23.7 Å². The van der Waals surface area contributed by atoms with Crippen LogP contribution in [0.3, 0.4) is 0 Å². The van der Waals surface area contributed by atoms with Gasteiger partial charge < -0.3 is 20.9 Å². The maximum Gasteiger partial charge on any atom is 0.246 e. The number of amides is 1. The van der Waals surface area contributed by atoms with Crippen LogP contribution in [0.25, 0.3) is 11.2 Å². The first-order valence-electron chi connectivity index (χ1n) is 13.2. The smallest absolute Gasteiger partial charge is 0.246 e. The molecule has 0 bridgehead atoms. The van der Waals surface area contributed by atoms with Crippen LogP contribution < -0.4 is 16.0 Å². The van der Waals surface area contributed by atoms with E-state index in [9.17, 15) is 14.3 Å². The molecule has 0 aliphatic heterocycles. The Morgan fingerprint density at radius 2 is 2.17 bits per heavy atom. The Hall–Kier alpha value is -4.05. The van der Waals surface area contributed by atoms with Gasteiger partial charge in [0, 0.05) is 45.1 Å². The lowest BCUT2D eigenvalue weighted by Gasteiger charge is -2.23. The number of aliphatic imine (C=N–C) groups is 1. The fraction of sp³-hybridized carbons (Fsp3) is 0.333. The number of ether oxygens (including phenoxy) is 1. The molecule has 0 aliphatic rings. The van der Waals surface area contributed by atoms with Crippen molar-refractivity contribution in [2.45, 2.75) is 39.2 Å². The number of carbonyl (C=O) groups excluding carboxylic acids is 1. The summed E-state index contributed by atoms with van der Waals surface area (Å²) in [7, 11) is -1.29. The Morgan fingerprint density at radius 3 is 2.86 bits per heavy atom. The van der Waals surface area contributed by atoms with Crippen molar-refractivity contribution in [1.29, 1.82) is 0 Å². The highest BCUT2D eigenvalue weighted by Crippen LogP contribution is 2.32. The van der Waals surface area contributed by atoms with Crippen LogP contribution in [0.2, 0.25) is 25.7 Å². The number of rotatable bonds is 13. The topological polar surface area (TPSA) is 156 Å². The largest absolute Gasteiger partial charge is 0.404 e. The van der Waals surface area contributed by atoms with Crippen molar-refractivity contribution in [2.75, 3.05) is 30.1 Å². The molecule has 0 unspecified atom stereocenters. The molecule has 12 nitrogen and oxygen atoms in total. The Morgan fingerprint density at radius 1 is 1.36 bits per heavy atom. The molecule has 0 fully saturated rings. The molecule has 0 saturated heterocycles. The first-order chi connectivity index (χ1) is 20.1. The van der Waals surface area contributed by atoms with Crippen LogP contribution in [0.4, 0.5) is 20.9 Å². The van der Waals surface area contributed by atoms with Crippen molar-refractivity contribution >= 4 is 59.5 Å². The highest BCUT2D eigenvalue weighted by molar-refractivity contribution is 7.10. The second kappa shape index (κ2) is 13.7. The number of fused-ring (bicyclic) bond motifs is 1. The summed E-state index contributed by atoms with van der Waals surface area (Å²) in [6.07, 6.45) is 8.71. The van der Waals surface area contributed by atoms with E-state index >= 15 is 0 Å². The van der Waals surface area contributed by atoms with E-state index in [2.05, 4.69) is 44.3 Å². The summed E-state index contributed by atoms with van der Waals surface area (Å²) in [5.74, 6) is -0.580. The summed E-state index contributed by atoms with van der Waals surface area (Å²) < 4.78 is 26.1. The summed E-state index contributed by atoms with van der Waals surface area (Å²) in [6.45, 7) is 9.15. The molecule has 4 aromatic rings. The van der Waals surface area contributed by atoms with Gasteiger partial charge in [-0.25, -0.2) is 14.4 Å². The number of pyridine rings is 1. The quantitative estimate of drug-likeness (QED) is 0.0881. The Kier molecular flexibility index (Phi) is 10.1. The number of allylic oxidation sites excluding steroid dienone is 1. The molecule has 4 aromatic heterocycles. The van der Waals surface area contributed by atoms with Crippen LogP contribution in [-0.4, -0.2) is 68.9 Å². The number of aryl methyl sites for hydroxylation is 1. The number of imidazole rings is 1. The van der Waals surface area contributed by atoms with Crippen LogP contribution >= 0.6 is 11.5 Å². The summed E-state index contributed by atoms with van der Waals surface area (Å²) in [4.78, 5) is 31.5. The minimum absolute atomic E-state index is 0.0261. The Bertz CT molecular complexity index is 1600. The minimum atomic E-state index is -1.29. The standard InChI is InChI=1S/C27H34FN9O3SSi/c1-18-15-36-23(19(10-29)11-31-14-24(39)34-22-5-6-30-12-21(22)28)13-32-26(36)27(33-18)37(17-40-7-8-42(2,3)4)25-9-20(16-38)35-41-25/h5-6,9-13,15,38H,7-8,14,16-17,29H2,1-4H3,(H,30,34,39). The highest BCUT2D eigenvalue weighted by Gasteiger charge is 2.22. The van der Waals surface area contributed by atoms with E-state index in [1.165, 1.54) is 36.2 Å². The van der Waals surface area contributed by atoms with E-state index in [1.54, 1.807) is 12.3 Å². The van der Waals surface area contributed by atoms with Crippen LogP contribution in [-0.2, 0) is 16.1 Å². The molecule has 0 aliphatic carbocycles. The second-order valence-corrected chi connectivity index (χ2v) is 17.0. The molecule has 0 radical (unpaired) electrons. The number of aliphatic hydroxyl groups excluding tert-OH is 1. The number of nitrogens with one attached hydrogen (secondary N) is 1. The van der Waals surface area contributed by atoms with E-state index in [4.69, 9.17) is 15.5 Å². The molecule has 4 heterocycles. The molecule has 0 saturated carbocycles. The molecule has 0 aromatic carbocycles. The number of carbonyl (C=O) groups is 1. The normalized spacial score (nSPS) is 12.4. The fourth-order valence-corrected chi connectivity index (χ4v) is 5.34. The van der Waals surface area contributed by atoms with E-state index < -0.39 is 19.8 Å². The molecule has 1 amide bonds. The summed E-state index contributed by atoms with van der Waals surface area (Å²) >= 11 is 1.24. The van der Waals surface area contributed by atoms with Gasteiger partial charge in [0.1, 0.15) is 18.3 Å². The first kappa shape index (κ1) is 30.9. The van der Waals surface area contributed by atoms with Gasteiger partial charge >= 0.3 is 0 Å². The highest BCUT2D eigenvalue weighted by atomic mass is 32.1. The number of nitrogens with zero attached hydrogens (tertiary/aromatic N) is 7. The van der Waals surface area contributed by atoms with Gasteiger partial charge in [-0.3, -0.25) is 24.1 Å². The van der Waals surface area contributed by atoms with E-state index in [0.29, 0.717) is 40.7 Å². The zero-order valence-corrected chi connectivity index (χ0v) is 25.7. The molecule has 0 spiro atoms. The molecule has 15 heteroatoms. The maximum absolute atomic E-state index is 13.8. The van der Waals surface area contributed by atoms with Crippen LogP contribution in [0.5, 0.6) is 0 Å². The number of hydrogen-bond acceptors (Lipinski definition) is 11. The van der Waals surface area contributed by atoms with Gasteiger partial charge in [0.2, 0.25) is 5.91 Å². The van der Waals surface area contributed by atoms with Gasteiger partial charge in [0.05, 0.1) is 41.8 Å². The summed E-state index contributed by atoms with van der Waals surface area (Å²) in [5.41, 5.74) is 8.93. The predicted octanol–water partition coefficient (Wildman–Crippen LogP) is 3.98. The van der Waals surface area contributed by atoms with Crippen LogP contribution in [0.15, 0.2) is 48.1 Å². The molecule has 4 N–H and O–H groups in total. The molecule has 222 valence electrons. The average molecular weight is 612 g/mol. The van der Waals surface area contributed by atoms with Gasteiger partial charge in [0.15, 0.2) is 17.3 Å². The van der Waals surface area contributed by atoms with Crippen molar-refractivity contribution in [3.05, 3.63) is 66.0 Å². The Balaban J connectivity index is 1.60. The lowest BCUT2D eigenvalue weighted by atomic mass is 10.2. The zero-order chi connectivity index (χ0) is 30.3. The number of anilines is 3. The molecule has 4 rings (SSSR count). The monoisotopic (exact) mass is 611 g/mol. The van der Waals surface area contributed by atoms with E-state index in [0.717, 1.165) is 17.2 Å². The zero-order valence-electron chi connectivity index (χ0n) is 23.9. The van der Waals surface area contributed by atoms with Gasteiger partial charge in [-0.15, -0.1) is 0 Å². The Labute approximate surface area is 248 Å². The first-order valence-corrected chi connectivity index (χ1v) is 17.7. The van der Waals surface area contributed by atoms with Crippen molar-refractivity contribution in [2.24, 2.45) is 10.7 Å². The van der Waals surface area contributed by atoms with E-state index in [-0.39, 0.29) is 25.6 Å². The van der Waals surface area contributed by atoms with Gasteiger partial charge in [-0.1, -0.05) is 19.6 Å². The lowest BCUT2D eigenvalue weighted by Crippen LogP contribution is -2.26.